The predicted molar refractivity (Wildman–Crippen MR) is 93.4 cm³/mol. The van der Waals surface area contributed by atoms with Crippen molar-refractivity contribution in [1.29, 1.82) is 0 Å². The van der Waals surface area contributed by atoms with E-state index in [1.165, 1.54) is 23.9 Å². The molecule has 6 heteroatoms. The second kappa shape index (κ2) is 6.56. The van der Waals surface area contributed by atoms with Crippen molar-refractivity contribution in [2.24, 2.45) is 4.99 Å². The number of amides is 1. The van der Waals surface area contributed by atoms with Crippen molar-refractivity contribution < 1.29 is 9.18 Å². The van der Waals surface area contributed by atoms with E-state index in [4.69, 9.17) is 11.6 Å². The number of rotatable bonds is 2. The molecule has 1 saturated heterocycles. The van der Waals surface area contributed by atoms with Gasteiger partial charge >= 0.3 is 0 Å². The molecule has 1 fully saturated rings. The molecule has 1 aliphatic heterocycles. The molecule has 1 amide bonds. The summed E-state index contributed by atoms with van der Waals surface area (Å²) in [6, 6.07) is 11.5. The summed E-state index contributed by atoms with van der Waals surface area (Å²) in [5.74, 6) is -0.595. The van der Waals surface area contributed by atoms with Crippen molar-refractivity contribution in [3.05, 3.63) is 69.3 Å². The number of nitrogens with one attached hydrogen (secondary N) is 1. The van der Waals surface area contributed by atoms with Gasteiger partial charge in [0.25, 0.3) is 5.91 Å². The minimum absolute atomic E-state index is 0.254. The molecule has 0 aliphatic carbocycles. The summed E-state index contributed by atoms with van der Waals surface area (Å²) in [7, 11) is 0. The first-order valence-electron chi connectivity index (χ1n) is 6.82. The van der Waals surface area contributed by atoms with Crippen LogP contribution in [-0.4, -0.2) is 11.1 Å². The molecule has 3 rings (SSSR count). The van der Waals surface area contributed by atoms with Crippen LogP contribution in [0.2, 0.25) is 5.02 Å². The molecule has 0 spiro atoms. The molecule has 0 unspecified atom stereocenters. The van der Waals surface area contributed by atoms with Crippen LogP contribution in [-0.2, 0) is 4.79 Å². The fourth-order valence-corrected chi connectivity index (χ4v) is 3.01. The standard InChI is InChI=1S/C17H12ClFN2OS/c1-10-5-6-13(9-14(10)18)20-17-21-16(22)15(23-17)8-11-3-2-4-12(19)7-11/h2-9H,1H3,(H,20,21,22)/b15-8-. The Hall–Kier alpha value is -2.11. The average molecular weight is 347 g/mol. The summed E-state index contributed by atoms with van der Waals surface area (Å²) in [6.07, 6.45) is 1.63. The lowest BCUT2D eigenvalue weighted by atomic mass is 10.2. The van der Waals surface area contributed by atoms with Crippen LogP contribution in [0.3, 0.4) is 0 Å². The van der Waals surface area contributed by atoms with Crippen molar-refractivity contribution in [1.82, 2.24) is 5.32 Å². The van der Waals surface area contributed by atoms with E-state index in [1.807, 2.05) is 19.1 Å². The van der Waals surface area contributed by atoms with E-state index >= 15 is 0 Å². The number of carbonyl (C=O) groups is 1. The van der Waals surface area contributed by atoms with Gasteiger partial charge in [0.2, 0.25) is 0 Å². The topological polar surface area (TPSA) is 41.5 Å². The van der Waals surface area contributed by atoms with E-state index in [1.54, 1.807) is 24.3 Å². The third kappa shape index (κ3) is 3.81. The first kappa shape index (κ1) is 15.8. The number of hydrogen-bond donors (Lipinski definition) is 1. The highest BCUT2D eigenvalue weighted by atomic mass is 35.5. The Morgan fingerprint density at radius 2 is 2.09 bits per heavy atom. The number of aliphatic imine (C=N–C) groups is 1. The van der Waals surface area contributed by atoms with Gasteiger partial charge in [-0.25, -0.2) is 9.38 Å². The number of amidine groups is 1. The molecule has 0 aromatic heterocycles. The third-order valence-corrected chi connectivity index (χ3v) is 4.50. The first-order valence-corrected chi connectivity index (χ1v) is 8.02. The first-order chi connectivity index (χ1) is 11.0. The number of halogens is 2. The van der Waals surface area contributed by atoms with Crippen LogP contribution in [0, 0.1) is 12.7 Å². The van der Waals surface area contributed by atoms with Crippen molar-refractivity contribution in [2.45, 2.75) is 6.92 Å². The molecule has 2 aromatic carbocycles. The molecule has 0 atom stereocenters. The molecule has 0 bridgehead atoms. The Balaban J connectivity index is 1.84. The molecule has 2 aromatic rings. The predicted octanol–water partition coefficient (Wildman–Crippen LogP) is 4.68. The van der Waals surface area contributed by atoms with Crippen molar-refractivity contribution in [3.8, 4) is 0 Å². The lowest BCUT2D eigenvalue weighted by Crippen LogP contribution is -2.19. The zero-order valence-corrected chi connectivity index (χ0v) is 13.7. The number of aryl methyl sites for hydroxylation is 1. The van der Waals surface area contributed by atoms with E-state index in [-0.39, 0.29) is 11.7 Å². The molecule has 1 N–H and O–H groups in total. The van der Waals surface area contributed by atoms with E-state index in [0.29, 0.717) is 26.3 Å². The summed E-state index contributed by atoms with van der Waals surface area (Å²) < 4.78 is 13.2. The van der Waals surface area contributed by atoms with E-state index in [2.05, 4.69) is 10.3 Å². The maximum absolute atomic E-state index is 13.2. The van der Waals surface area contributed by atoms with Crippen LogP contribution < -0.4 is 5.32 Å². The van der Waals surface area contributed by atoms with Crippen molar-refractivity contribution in [2.75, 3.05) is 0 Å². The Kier molecular flexibility index (Phi) is 4.50. The highest BCUT2D eigenvalue weighted by Crippen LogP contribution is 2.29. The Morgan fingerprint density at radius 3 is 2.83 bits per heavy atom. The molecule has 3 nitrogen and oxygen atoms in total. The maximum Gasteiger partial charge on any atom is 0.264 e. The van der Waals surface area contributed by atoms with Gasteiger partial charge in [-0.15, -0.1) is 0 Å². The average Bonchev–Trinajstić information content (AvgIpc) is 2.83. The molecule has 1 heterocycles. The zero-order valence-electron chi connectivity index (χ0n) is 12.1. The SMILES string of the molecule is Cc1ccc(N=C2NC(=O)/C(=C/c3cccc(F)c3)S2)cc1Cl. The normalized spacial score (nSPS) is 17.8. The fraction of sp³-hybridized carbons (Fsp3) is 0.0588. The second-order valence-corrected chi connectivity index (χ2v) is 6.41. The Labute approximate surface area is 142 Å². The molecular formula is C17H12ClFN2OS. The summed E-state index contributed by atoms with van der Waals surface area (Å²) >= 11 is 7.28. The minimum Gasteiger partial charge on any atom is -0.300 e. The van der Waals surface area contributed by atoms with E-state index < -0.39 is 0 Å². The zero-order chi connectivity index (χ0) is 16.4. The number of benzene rings is 2. The molecule has 1 aliphatic rings. The van der Waals surface area contributed by atoms with Gasteiger partial charge in [0.15, 0.2) is 5.17 Å². The van der Waals surface area contributed by atoms with Crippen LogP contribution in [0.4, 0.5) is 10.1 Å². The lowest BCUT2D eigenvalue weighted by Gasteiger charge is -2.00. The largest absolute Gasteiger partial charge is 0.300 e. The van der Waals surface area contributed by atoms with Crippen molar-refractivity contribution >= 4 is 46.2 Å². The minimum atomic E-state index is -0.342. The Bertz CT molecular complexity index is 848. The van der Waals surface area contributed by atoms with Gasteiger partial charge in [-0.1, -0.05) is 29.8 Å². The quantitative estimate of drug-likeness (QED) is 0.802. The van der Waals surface area contributed by atoms with Gasteiger partial charge in [0, 0.05) is 5.02 Å². The Morgan fingerprint density at radius 1 is 1.26 bits per heavy atom. The summed E-state index contributed by atoms with van der Waals surface area (Å²) in [4.78, 5) is 16.8. The van der Waals surface area contributed by atoms with Crippen LogP contribution >= 0.6 is 23.4 Å². The smallest absolute Gasteiger partial charge is 0.264 e. The maximum atomic E-state index is 13.2. The monoisotopic (exact) mass is 346 g/mol. The summed E-state index contributed by atoms with van der Waals surface area (Å²) in [6.45, 7) is 1.91. The van der Waals surface area contributed by atoms with Gasteiger partial charge < -0.3 is 5.32 Å². The number of hydrogen-bond acceptors (Lipinski definition) is 3. The number of nitrogens with zero attached hydrogens (tertiary/aromatic N) is 1. The molecule has 23 heavy (non-hydrogen) atoms. The highest BCUT2D eigenvalue weighted by Gasteiger charge is 2.23. The highest BCUT2D eigenvalue weighted by molar-refractivity contribution is 8.18. The van der Waals surface area contributed by atoms with Gasteiger partial charge in [-0.2, -0.15) is 0 Å². The van der Waals surface area contributed by atoms with Crippen LogP contribution in [0.5, 0.6) is 0 Å². The fourth-order valence-electron chi connectivity index (χ4n) is 2.00. The third-order valence-electron chi connectivity index (χ3n) is 3.18. The van der Waals surface area contributed by atoms with E-state index in [9.17, 15) is 9.18 Å². The number of thioether (sulfide) groups is 1. The van der Waals surface area contributed by atoms with Gasteiger partial charge in [-0.3, -0.25) is 4.79 Å². The van der Waals surface area contributed by atoms with Gasteiger partial charge in [0.05, 0.1) is 10.6 Å². The van der Waals surface area contributed by atoms with Crippen LogP contribution in [0.1, 0.15) is 11.1 Å². The van der Waals surface area contributed by atoms with Crippen molar-refractivity contribution in [3.63, 3.8) is 0 Å². The van der Waals surface area contributed by atoms with Crippen LogP contribution in [0.25, 0.3) is 6.08 Å². The summed E-state index contributed by atoms with van der Waals surface area (Å²) in [5, 5.41) is 3.78. The van der Waals surface area contributed by atoms with Gasteiger partial charge in [0.1, 0.15) is 5.82 Å². The second-order valence-electron chi connectivity index (χ2n) is 4.97. The number of carbonyl (C=O) groups excluding carboxylic acids is 1. The molecular weight excluding hydrogens is 335 g/mol. The lowest BCUT2D eigenvalue weighted by molar-refractivity contribution is -0.115. The molecule has 0 radical (unpaired) electrons. The van der Waals surface area contributed by atoms with Gasteiger partial charge in [-0.05, 0) is 60.2 Å². The molecule has 116 valence electrons. The molecule has 0 saturated carbocycles. The van der Waals surface area contributed by atoms with E-state index in [0.717, 1.165) is 5.56 Å². The van der Waals surface area contributed by atoms with Crippen LogP contribution in [0.15, 0.2) is 52.4 Å². The summed E-state index contributed by atoms with van der Waals surface area (Å²) in [5.41, 5.74) is 2.25.